The first-order chi connectivity index (χ1) is 9.08. The van der Waals surface area contributed by atoms with Gasteiger partial charge in [-0.25, -0.2) is 0 Å². The molecule has 0 unspecified atom stereocenters. The number of rotatable bonds is 7. The summed E-state index contributed by atoms with van der Waals surface area (Å²) in [5.41, 5.74) is 0.248. The average Bonchev–Trinajstić information content (AvgIpc) is 2.38. The molecule has 7 nitrogen and oxygen atoms in total. The van der Waals surface area contributed by atoms with E-state index >= 15 is 0 Å². The molecule has 0 amide bonds. The third kappa shape index (κ3) is 4.46. The Bertz CT molecular complexity index is 461. The lowest BCUT2D eigenvalue weighted by Crippen LogP contribution is -2.12. The van der Waals surface area contributed by atoms with E-state index in [9.17, 15) is 14.9 Å². The van der Waals surface area contributed by atoms with Crippen LogP contribution in [0.5, 0.6) is 5.75 Å². The van der Waals surface area contributed by atoms with Gasteiger partial charge in [-0.2, -0.15) is 0 Å². The van der Waals surface area contributed by atoms with Gasteiger partial charge in [0.25, 0.3) is 5.69 Å². The molecule has 19 heavy (non-hydrogen) atoms. The second-order valence-electron chi connectivity index (χ2n) is 3.62. The number of nitro groups is 1. The highest BCUT2D eigenvalue weighted by molar-refractivity contribution is 5.71. The highest BCUT2D eigenvalue weighted by Crippen LogP contribution is 2.28. The molecule has 0 aliphatic carbocycles. The highest BCUT2D eigenvalue weighted by Gasteiger charge is 2.14. The van der Waals surface area contributed by atoms with Gasteiger partial charge in [-0.15, -0.1) is 0 Å². The molecule has 0 aromatic heterocycles. The van der Waals surface area contributed by atoms with Gasteiger partial charge in [0.2, 0.25) is 0 Å². The zero-order valence-electron chi connectivity index (χ0n) is 10.8. The number of ether oxygens (including phenoxy) is 2. The van der Waals surface area contributed by atoms with E-state index in [1.54, 1.807) is 6.92 Å². The number of hydrogen-bond acceptors (Lipinski definition) is 6. The Morgan fingerprint density at radius 1 is 1.47 bits per heavy atom. The van der Waals surface area contributed by atoms with E-state index in [0.29, 0.717) is 18.0 Å². The van der Waals surface area contributed by atoms with Crippen LogP contribution in [0.3, 0.4) is 0 Å². The SMILES string of the molecule is CCOC(=O)CCNc1cc(OC)ccc1[N+](=O)[O-]. The van der Waals surface area contributed by atoms with Crippen LogP contribution in [0.15, 0.2) is 18.2 Å². The quantitative estimate of drug-likeness (QED) is 0.462. The van der Waals surface area contributed by atoms with Gasteiger partial charge < -0.3 is 14.8 Å². The van der Waals surface area contributed by atoms with Gasteiger partial charge in [-0.05, 0) is 13.0 Å². The minimum atomic E-state index is -0.494. The molecule has 0 bridgehead atoms. The number of esters is 1. The first-order valence-corrected chi connectivity index (χ1v) is 5.80. The lowest BCUT2D eigenvalue weighted by molar-refractivity contribution is -0.384. The predicted octanol–water partition coefficient (Wildman–Crippen LogP) is 1.97. The van der Waals surface area contributed by atoms with Gasteiger partial charge in [-0.1, -0.05) is 0 Å². The number of benzene rings is 1. The maximum absolute atomic E-state index is 11.2. The van der Waals surface area contributed by atoms with Crippen LogP contribution in [0.25, 0.3) is 0 Å². The fraction of sp³-hybridized carbons (Fsp3) is 0.417. The first-order valence-electron chi connectivity index (χ1n) is 5.80. The van der Waals surface area contributed by atoms with Gasteiger partial charge in [0.15, 0.2) is 0 Å². The van der Waals surface area contributed by atoms with Crippen LogP contribution in [-0.2, 0) is 9.53 Å². The number of nitrogens with one attached hydrogen (secondary N) is 1. The average molecular weight is 268 g/mol. The maximum atomic E-state index is 11.2. The monoisotopic (exact) mass is 268 g/mol. The summed E-state index contributed by atoms with van der Waals surface area (Å²) in [4.78, 5) is 21.5. The summed E-state index contributed by atoms with van der Waals surface area (Å²) in [5.74, 6) is 0.157. The molecular formula is C12H16N2O5. The number of nitro benzene ring substituents is 1. The molecule has 1 N–H and O–H groups in total. The molecule has 0 saturated heterocycles. The molecule has 0 aliphatic rings. The van der Waals surface area contributed by atoms with E-state index in [4.69, 9.17) is 9.47 Å². The van der Waals surface area contributed by atoms with Gasteiger partial charge >= 0.3 is 5.97 Å². The molecule has 0 fully saturated rings. The van der Waals surface area contributed by atoms with Crippen molar-refractivity contribution in [2.45, 2.75) is 13.3 Å². The molecule has 0 atom stereocenters. The second-order valence-corrected chi connectivity index (χ2v) is 3.62. The molecular weight excluding hydrogens is 252 g/mol. The van der Waals surface area contributed by atoms with Crippen molar-refractivity contribution in [3.63, 3.8) is 0 Å². The molecule has 1 aromatic rings. The smallest absolute Gasteiger partial charge is 0.307 e. The van der Waals surface area contributed by atoms with Crippen molar-refractivity contribution in [1.82, 2.24) is 0 Å². The van der Waals surface area contributed by atoms with Gasteiger partial charge in [0.1, 0.15) is 11.4 Å². The Kier molecular flexibility index (Phi) is 5.59. The van der Waals surface area contributed by atoms with Crippen LogP contribution >= 0.6 is 0 Å². The third-order valence-electron chi connectivity index (χ3n) is 2.35. The van der Waals surface area contributed by atoms with E-state index in [2.05, 4.69) is 5.32 Å². The Hall–Kier alpha value is -2.31. The van der Waals surface area contributed by atoms with E-state index in [1.165, 1.54) is 25.3 Å². The van der Waals surface area contributed by atoms with Crippen LogP contribution < -0.4 is 10.1 Å². The molecule has 0 aliphatic heterocycles. The third-order valence-corrected chi connectivity index (χ3v) is 2.35. The number of carbonyl (C=O) groups excluding carboxylic acids is 1. The van der Waals surface area contributed by atoms with E-state index in [-0.39, 0.29) is 24.6 Å². The molecule has 104 valence electrons. The lowest BCUT2D eigenvalue weighted by atomic mass is 10.2. The summed E-state index contributed by atoms with van der Waals surface area (Å²) in [6.45, 7) is 2.29. The van der Waals surface area contributed by atoms with Crippen LogP contribution in [0.4, 0.5) is 11.4 Å². The molecule has 7 heteroatoms. The van der Waals surface area contributed by atoms with E-state index in [1.807, 2.05) is 0 Å². The van der Waals surface area contributed by atoms with Crippen molar-refractivity contribution in [1.29, 1.82) is 0 Å². The molecule has 1 aromatic carbocycles. The summed E-state index contributed by atoms with van der Waals surface area (Å²) in [5, 5.41) is 13.7. The number of nitrogens with zero attached hydrogens (tertiary/aromatic N) is 1. The summed E-state index contributed by atoms with van der Waals surface area (Å²) >= 11 is 0. The van der Waals surface area contributed by atoms with Crippen molar-refractivity contribution in [2.24, 2.45) is 0 Å². The topological polar surface area (TPSA) is 90.7 Å². The predicted molar refractivity (Wildman–Crippen MR) is 69.4 cm³/mol. The standard InChI is InChI=1S/C12H16N2O5/c1-3-19-12(15)6-7-13-10-8-9(18-2)4-5-11(10)14(16)17/h4-5,8,13H,3,6-7H2,1-2H3. The van der Waals surface area contributed by atoms with E-state index in [0.717, 1.165) is 0 Å². The minimum Gasteiger partial charge on any atom is -0.497 e. The second kappa shape index (κ2) is 7.20. The highest BCUT2D eigenvalue weighted by atomic mass is 16.6. The summed E-state index contributed by atoms with van der Waals surface area (Å²) in [7, 11) is 1.48. The van der Waals surface area contributed by atoms with Crippen LogP contribution in [0.1, 0.15) is 13.3 Å². The Morgan fingerprint density at radius 2 is 2.21 bits per heavy atom. The Balaban J connectivity index is 2.69. The normalized spacial score (nSPS) is 9.79. The van der Waals surface area contributed by atoms with Crippen LogP contribution in [-0.4, -0.2) is 31.2 Å². The van der Waals surface area contributed by atoms with Gasteiger partial charge in [0.05, 0.1) is 25.1 Å². The Morgan fingerprint density at radius 3 is 2.79 bits per heavy atom. The van der Waals surface area contributed by atoms with Crippen molar-refractivity contribution in [3.05, 3.63) is 28.3 Å². The zero-order chi connectivity index (χ0) is 14.3. The van der Waals surface area contributed by atoms with Gasteiger partial charge in [0, 0.05) is 18.7 Å². The van der Waals surface area contributed by atoms with Gasteiger partial charge in [-0.3, -0.25) is 14.9 Å². The van der Waals surface area contributed by atoms with Crippen LogP contribution in [0, 0.1) is 10.1 Å². The number of carbonyl (C=O) groups is 1. The van der Waals surface area contributed by atoms with Crippen molar-refractivity contribution < 1.29 is 19.2 Å². The number of methoxy groups -OCH3 is 1. The largest absolute Gasteiger partial charge is 0.497 e. The lowest BCUT2D eigenvalue weighted by Gasteiger charge is -2.08. The molecule has 0 saturated carbocycles. The summed E-state index contributed by atoms with van der Waals surface area (Å²) < 4.78 is 9.77. The molecule has 0 radical (unpaired) electrons. The summed E-state index contributed by atoms with van der Waals surface area (Å²) in [6.07, 6.45) is 0.141. The number of hydrogen-bond donors (Lipinski definition) is 1. The minimum absolute atomic E-state index is 0.0651. The molecule has 0 heterocycles. The summed E-state index contributed by atoms with van der Waals surface area (Å²) in [6, 6.07) is 4.38. The fourth-order valence-corrected chi connectivity index (χ4v) is 1.48. The first kappa shape index (κ1) is 14.7. The van der Waals surface area contributed by atoms with E-state index < -0.39 is 4.92 Å². The van der Waals surface area contributed by atoms with Crippen LogP contribution in [0.2, 0.25) is 0 Å². The Labute approximate surface area is 110 Å². The van der Waals surface area contributed by atoms with Crippen molar-refractivity contribution >= 4 is 17.3 Å². The molecule has 1 rings (SSSR count). The fourth-order valence-electron chi connectivity index (χ4n) is 1.48. The van der Waals surface area contributed by atoms with Crippen molar-refractivity contribution in [2.75, 3.05) is 25.6 Å². The zero-order valence-corrected chi connectivity index (χ0v) is 10.8. The maximum Gasteiger partial charge on any atom is 0.307 e. The molecule has 0 spiro atoms. The number of anilines is 1. The van der Waals surface area contributed by atoms with Crippen molar-refractivity contribution in [3.8, 4) is 5.75 Å².